The summed E-state index contributed by atoms with van der Waals surface area (Å²) in [7, 11) is 0. The summed E-state index contributed by atoms with van der Waals surface area (Å²) in [6.45, 7) is 2.77. The molecule has 0 radical (unpaired) electrons. The molecule has 1 aliphatic carbocycles. The SMILES string of the molecule is CCOC(=O)c1c(NC(=O)Cn2nc(C3CC3)cc2C(F)F)sc(C(N)=O)c1C. The number of nitrogens with zero attached hydrogens (tertiary/aromatic N) is 2. The Morgan fingerprint density at radius 1 is 1.41 bits per heavy atom. The lowest BCUT2D eigenvalue weighted by molar-refractivity contribution is -0.117. The van der Waals surface area contributed by atoms with Crippen LogP contribution < -0.4 is 11.1 Å². The molecule has 2 aromatic heterocycles. The predicted octanol–water partition coefficient (Wildman–Crippen LogP) is 2.98. The van der Waals surface area contributed by atoms with Crippen LogP contribution in [-0.2, 0) is 16.1 Å². The summed E-state index contributed by atoms with van der Waals surface area (Å²) in [6.07, 6.45) is -0.999. The lowest BCUT2D eigenvalue weighted by Crippen LogP contribution is -2.22. The third-order valence-electron chi connectivity index (χ3n) is 4.45. The van der Waals surface area contributed by atoms with E-state index >= 15 is 0 Å². The molecule has 156 valence electrons. The van der Waals surface area contributed by atoms with Crippen LogP contribution in [0.25, 0.3) is 0 Å². The highest BCUT2D eigenvalue weighted by atomic mass is 32.1. The second-order valence-corrected chi connectivity index (χ2v) is 7.64. The molecule has 2 amide bonds. The standard InChI is InChI=1S/C18H20F2N4O4S/c1-3-28-18(27)13-8(2)14(16(21)26)29-17(13)22-12(25)7-24-11(15(19)20)6-10(23-24)9-4-5-9/h6,9,15H,3-5,7H2,1-2H3,(H2,21,26)(H,22,25). The first kappa shape index (κ1) is 20.9. The van der Waals surface area contributed by atoms with Gasteiger partial charge in [-0.3, -0.25) is 14.3 Å². The van der Waals surface area contributed by atoms with Crippen molar-refractivity contribution in [1.29, 1.82) is 0 Å². The molecule has 29 heavy (non-hydrogen) atoms. The van der Waals surface area contributed by atoms with E-state index in [0.29, 0.717) is 11.3 Å². The van der Waals surface area contributed by atoms with E-state index < -0.39 is 30.8 Å². The Balaban J connectivity index is 1.84. The van der Waals surface area contributed by atoms with Gasteiger partial charge >= 0.3 is 5.97 Å². The van der Waals surface area contributed by atoms with Crippen LogP contribution in [0.3, 0.4) is 0 Å². The minimum atomic E-state index is -2.77. The van der Waals surface area contributed by atoms with Gasteiger partial charge in [0, 0.05) is 5.92 Å². The first-order chi connectivity index (χ1) is 13.7. The quantitative estimate of drug-likeness (QED) is 0.630. The van der Waals surface area contributed by atoms with Gasteiger partial charge in [0.25, 0.3) is 12.3 Å². The average molecular weight is 426 g/mol. The fourth-order valence-electron chi connectivity index (χ4n) is 2.92. The van der Waals surface area contributed by atoms with Crippen molar-refractivity contribution in [2.45, 2.75) is 45.6 Å². The lowest BCUT2D eigenvalue weighted by Gasteiger charge is -2.09. The highest BCUT2D eigenvalue weighted by Crippen LogP contribution is 2.40. The van der Waals surface area contributed by atoms with Gasteiger partial charge in [-0.15, -0.1) is 11.3 Å². The molecule has 1 aliphatic rings. The summed E-state index contributed by atoms with van der Waals surface area (Å²) in [5, 5.41) is 6.70. The Morgan fingerprint density at radius 3 is 2.66 bits per heavy atom. The van der Waals surface area contributed by atoms with Crippen molar-refractivity contribution >= 4 is 34.1 Å². The molecular weight excluding hydrogens is 406 g/mol. The van der Waals surface area contributed by atoms with E-state index in [2.05, 4.69) is 10.4 Å². The van der Waals surface area contributed by atoms with Crippen molar-refractivity contribution in [3.8, 4) is 0 Å². The molecule has 11 heteroatoms. The highest BCUT2D eigenvalue weighted by molar-refractivity contribution is 7.18. The molecule has 0 bridgehead atoms. The van der Waals surface area contributed by atoms with Crippen LogP contribution in [0.4, 0.5) is 13.8 Å². The summed E-state index contributed by atoms with van der Waals surface area (Å²) >= 11 is 0.833. The van der Waals surface area contributed by atoms with Crippen LogP contribution in [0.15, 0.2) is 6.07 Å². The Labute approximate surface area is 169 Å². The Kier molecular flexibility index (Phi) is 5.96. The van der Waals surface area contributed by atoms with Crippen molar-refractivity contribution in [3.63, 3.8) is 0 Å². The van der Waals surface area contributed by atoms with Gasteiger partial charge in [0.05, 0.1) is 22.7 Å². The number of aromatic nitrogens is 2. The van der Waals surface area contributed by atoms with Crippen molar-refractivity contribution in [3.05, 3.63) is 33.5 Å². The molecule has 2 aromatic rings. The molecule has 3 rings (SSSR count). The van der Waals surface area contributed by atoms with Gasteiger partial charge < -0.3 is 15.8 Å². The van der Waals surface area contributed by atoms with Crippen LogP contribution >= 0.6 is 11.3 Å². The summed E-state index contributed by atoms with van der Waals surface area (Å²) in [5.74, 6) is -1.97. The smallest absolute Gasteiger partial charge is 0.341 e. The minimum Gasteiger partial charge on any atom is -0.462 e. The maximum Gasteiger partial charge on any atom is 0.341 e. The van der Waals surface area contributed by atoms with Crippen LogP contribution in [-0.4, -0.2) is 34.2 Å². The van der Waals surface area contributed by atoms with Gasteiger partial charge in [0.15, 0.2) is 0 Å². The highest BCUT2D eigenvalue weighted by Gasteiger charge is 2.30. The van der Waals surface area contributed by atoms with Crippen LogP contribution in [0.5, 0.6) is 0 Å². The molecular formula is C18H20F2N4O4S. The third-order valence-corrected chi connectivity index (χ3v) is 5.67. The van der Waals surface area contributed by atoms with Crippen molar-refractivity contribution in [2.24, 2.45) is 5.73 Å². The van der Waals surface area contributed by atoms with Crippen LogP contribution in [0.1, 0.15) is 69.1 Å². The topological polar surface area (TPSA) is 116 Å². The summed E-state index contributed by atoms with van der Waals surface area (Å²) in [4.78, 5) is 36.5. The largest absolute Gasteiger partial charge is 0.462 e. The fraction of sp³-hybridized carbons (Fsp3) is 0.444. The number of primary amides is 1. The minimum absolute atomic E-state index is 0.0206. The second-order valence-electron chi connectivity index (χ2n) is 6.62. The summed E-state index contributed by atoms with van der Waals surface area (Å²) in [6, 6.07) is 1.32. The zero-order valence-corrected chi connectivity index (χ0v) is 16.6. The van der Waals surface area contributed by atoms with Crippen LogP contribution in [0, 0.1) is 6.92 Å². The molecule has 3 N–H and O–H groups in total. The second kappa shape index (κ2) is 8.27. The molecule has 8 nitrogen and oxygen atoms in total. The number of nitrogens with one attached hydrogen (secondary N) is 1. The monoisotopic (exact) mass is 426 g/mol. The van der Waals surface area contributed by atoms with E-state index in [-0.39, 0.29) is 33.7 Å². The van der Waals surface area contributed by atoms with Crippen molar-refractivity contribution in [2.75, 3.05) is 11.9 Å². The number of thiophene rings is 1. The molecule has 0 aliphatic heterocycles. The number of rotatable bonds is 8. The molecule has 1 saturated carbocycles. The first-order valence-corrected chi connectivity index (χ1v) is 9.80. The number of hydrogen-bond acceptors (Lipinski definition) is 6. The third kappa shape index (κ3) is 4.44. The zero-order valence-electron chi connectivity index (χ0n) is 15.8. The molecule has 0 unspecified atom stereocenters. The maximum absolute atomic E-state index is 13.3. The number of ether oxygens (including phenoxy) is 1. The number of amides is 2. The van der Waals surface area contributed by atoms with Gasteiger partial charge in [0.1, 0.15) is 17.2 Å². The number of esters is 1. The number of anilines is 1. The zero-order chi connectivity index (χ0) is 21.3. The Hall–Kier alpha value is -2.82. The van der Waals surface area contributed by atoms with E-state index in [1.807, 2.05) is 0 Å². The maximum atomic E-state index is 13.3. The average Bonchev–Trinajstić information content (AvgIpc) is 3.31. The number of hydrogen-bond donors (Lipinski definition) is 2. The molecule has 0 spiro atoms. The van der Waals surface area contributed by atoms with E-state index in [1.54, 1.807) is 6.92 Å². The van der Waals surface area contributed by atoms with Crippen LogP contribution in [0.2, 0.25) is 0 Å². The van der Waals surface area contributed by atoms with E-state index in [4.69, 9.17) is 10.5 Å². The number of carbonyl (C=O) groups is 3. The molecule has 0 saturated heterocycles. The molecule has 0 atom stereocenters. The number of nitrogens with two attached hydrogens (primary N) is 1. The normalized spacial score (nSPS) is 13.6. The lowest BCUT2D eigenvalue weighted by atomic mass is 10.1. The van der Waals surface area contributed by atoms with Gasteiger partial charge in [-0.05, 0) is 38.3 Å². The van der Waals surface area contributed by atoms with Gasteiger partial charge in [-0.2, -0.15) is 5.10 Å². The van der Waals surface area contributed by atoms with Gasteiger partial charge in [-0.25, -0.2) is 13.6 Å². The van der Waals surface area contributed by atoms with E-state index in [1.165, 1.54) is 13.0 Å². The van der Waals surface area contributed by atoms with Gasteiger partial charge in [0.2, 0.25) is 5.91 Å². The van der Waals surface area contributed by atoms with E-state index in [0.717, 1.165) is 28.9 Å². The fourth-order valence-corrected chi connectivity index (χ4v) is 3.98. The van der Waals surface area contributed by atoms with E-state index in [9.17, 15) is 23.2 Å². The molecule has 2 heterocycles. The Morgan fingerprint density at radius 2 is 2.10 bits per heavy atom. The predicted molar refractivity (Wildman–Crippen MR) is 101 cm³/mol. The number of halogens is 2. The van der Waals surface area contributed by atoms with Gasteiger partial charge in [-0.1, -0.05) is 0 Å². The summed E-state index contributed by atoms with van der Waals surface area (Å²) in [5.41, 5.74) is 5.84. The first-order valence-electron chi connectivity index (χ1n) is 8.98. The Bertz CT molecular complexity index is 965. The number of carbonyl (C=O) groups excluding carboxylic acids is 3. The molecule has 0 aromatic carbocycles. The van der Waals surface area contributed by atoms with Crippen molar-refractivity contribution in [1.82, 2.24) is 9.78 Å². The van der Waals surface area contributed by atoms with Crippen molar-refractivity contribution < 1.29 is 27.9 Å². The molecule has 1 fully saturated rings. The summed E-state index contributed by atoms with van der Waals surface area (Å²) < 4.78 is 32.5. The number of alkyl halides is 2.